The SMILES string of the molecule is Cc1cc(C(=O)O)ccc1N(C)CCC(C)C. The van der Waals surface area contributed by atoms with Gasteiger partial charge in [-0.15, -0.1) is 0 Å². The van der Waals surface area contributed by atoms with E-state index >= 15 is 0 Å². The lowest BCUT2D eigenvalue weighted by Crippen LogP contribution is -2.20. The number of hydrogen-bond donors (Lipinski definition) is 1. The Morgan fingerprint density at radius 2 is 2.06 bits per heavy atom. The number of carbonyl (C=O) groups is 1. The molecule has 0 aliphatic rings. The van der Waals surface area contributed by atoms with Crippen molar-refractivity contribution < 1.29 is 9.90 Å². The Labute approximate surface area is 103 Å². The molecule has 1 aromatic carbocycles. The normalized spacial score (nSPS) is 10.6. The summed E-state index contributed by atoms with van der Waals surface area (Å²) in [6.45, 7) is 7.35. The number of aromatic carboxylic acids is 1. The largest absolute Gasteiger partial charge is 0.478 e. The highest BCUT2D eigenvalue weighted by Gasteiger charge is 2.09. The smallest absolute Gasteiger partial charge is 0.335 e. The van der Waals surface area contributed by atoms with Gasteiger partial charge < -0.3 is 10.0 Å². The highest BCUT2D eigenvalue weighted by molar-refractivity contribution is 5.88. The van der Waals surface area contributed by atoms with Crippen molar-refractivity contribution in [2.75, 3.05) is 18.5 Å². The summed E-state index contributed by atoms with van der Waals surface area (Å²) in [4.78, 5) is 13.0. The predicted molar refractivity (Wildman–Crippen MR) is 70.9 cm³/mol. The molecule has 0 saturated carbocycles. The summed E-state index contributed by atoms with van der Waals surface area (Å²) in [5.74, 6) is -0.194. The maximum Gasteiger partial charge on any atom is 0.335 e. The molecular weight excluding hydrogens is 214 g/mol. The molecule has 1 N–H and O–H groups in total. The summed E-state index contributed by atoms with van der Waals surface area (Å²) < 4.78 is 0. The van der Waals surface area contributed by atoms with Crippen LogP contribution in [-0.4, -0.2) is 24.7 Å². The Balaban J connectivity index is 2.81. The molecule has 0 heterocycles. The zero-order chi connectivity index (χ0) is 13.0. The maximum absolute atomic E-state index is 10.8. The first kappa shape index (κ1) is 13.6. The molecule has 3 heteroatoms. The maximum atomic E-state index is 10.8. The minimum Gasteiger partial charge on any atom is -0.478 e. The molecule has 17 heavy (non-hydrogen) atoms. The molecule has 0 unspecified atom stereocenters. The third-order valence-corrected chi connectivity index (χ3v) is 2.90. The molecule has 0 radical (unpaired) electrons. The van der Waals surface area contributed by atoms with Crippen LogP contribution in [0.2, 0.25) is 0 Å². The van der Waals surface area contributed by atoms with E-state index in [0.717, 1.165) is 24.2 Å². The summed E-state index contributed by atoms with van der Waals surface area (Å²) in [7, 11) is 2.05. The van der Waals surface area contributed by atoms with Gasteiger partial charge in [-0.3, -0.25) is 0 Å². The Bertz CT molecular complexity index is 399. The number of rotatable bonds is 5. The van der Waals surface area contributed by atoms with Crippen LogP contribution >= 0.6 is 0 Å². The highest BCUT2D eigenvalue weighted by atomic mass is 16.4. The van der Waals surface area contributed by atoms with Crippen molar-refractivity contribution in [3.63, 3.8) is 0 Å². The Morgan fingerprint density at radius 3 is 2.53 bits per heavy atom. The summed E-state index contributed by atoms with van der Waals surface area (Å²) >= 11 is 0. The number of carboxylic acids is 1. The fourth-order valence-electron chi connectivity index (χ4n) is 1.79. The fourth-order valence-corrected chi connectivity index (χ4v) is 1.79. The summed E-state index contributed by atoms with van der Waals surface area (Å²) in [5.41, 5.74) is 2.47. The Kier molecular flexibility index (Phi) is 4.55. The second-order valence-electron chi connectivity index (χ2n) is 4.91. The Morgan fingerprint density at radius 1 is 1.41 bits per heavy atom. The highest BCUT2D eigenvalue weighted by Crippen LogP contribution is 2.21. The van der Waals surface area contributed by atoms with Gasteiger partial charge in [0.2, 0.25) is 0 Å². The van der Waals surface area contributed by atoms with Gasteiger partial charge in [-0.2, -0.15) is 0 Å². The lowest BCUT2D eigenvalue weighted by atomic mass is 10.1. The summed E-state index contributed by atoms with van der Waals surface area (Å²) in [6, 6.07) is 5.28. The van der Waals surface area contributed by atoms with Gasteiger partial charge in [0.1, 0.15) is 0 Å². The second-order valence-corrected chi connectivity index (χ2v) is 4.91. The van der Waals surface area contributed by atoms with Crippen molar-refractivity contribution in [1.29, 1.82) is 0 Å². The fraction of sp³-hybridized carbons (Fsp3) is 0.500. The van der Waals surface area contributed by atoms with Crippen molar-refractivity contribution >= 4 is 11.7 Å². The van der Waals surface area contributed by atoms with E-state index in [4.69, 9.17) is 5.11 Å². The van der Waals surface area contributed by atoms with Gasteiger partial charge in [0.05, 0.1) is 5.56 Å². The van der Waals surface area contributed by atoms with Crippen molar-refractivity contribution in [1.82, 2.24) is 0 Å². The van der Waals surface area contributed by atoms with Gasteiger partial charge in [0.15, 0.2) is 0 Å². The van der Waals surface area contributed by atoms with Gasteiger partial charge >= 0.3 is 5.97 Å². The van der Waals surface area contributed by atoms with Crippen LogP contribution in [0.1, 0.15) is 36.2 Å². The van der Waals surface area contributed by atoms with E-state index in [0.29, 0.717) is 11.5 Å². The van der Waals surface area contributed by atoms with Crippen molar-refractivity contribution in [3.8, 4) is 0 Å². The number of anilines is 1. The average Bonchev–Trinajstić information content (AvgIpc) is 2.25. The molecule has 1 rings (SSSR count). The quantitative estimate of drug-likeness (QED) is 0.852. The number of hydrogen-bond acceptors (Lipinski definition) is 2. The minimum absolute atomic E-state index is 0.350. The van der Waals surface area contributed by atoms with Crippen LogP contribution in [0.15, 0.2) is 18.2 Å². The molecule has 0 aliphatic carbocycles. The molecule has 0 fully saturated rings. The zero-order valence-corrected chi connectivity index (χ0v) is 11.0. The first-order chi connectivity index (χ1) is 7.91. The lowest BCUT2D eigenvalue weighted by molar-refractivity contribution is 0.0697. The second kappa shape index (κ2) is 5.71. The molecule has 0 aliphatic heterocycles. The van der Waals surface area contributed by atoms with Gasteiger partial charge in [0.25, 0.3) is 0 Å². The molecule has 94 valence electrons. The molecule has 0 spiro atoms. The third-order valence-electron chi connectivity index (χ3n) is 2.90. The van der Waals surface area contributed by atoms with Gasteiger partial charge in [-0.1, -0.05) is 13.8 Å². The number of nitrogens with zero attached hydrogens (tertiary/aromatic N) is 1. The van der Waals surface area contributed by atoms with E-state index in [2.05, 4.69) is 18.7 Å². The predicted octanol–water partition coefficient (Wildman–Crippen LogP) is 3.18. The van der Waals surface area contributed by atoms with E-state index in [-0.39, 0.29) is 0 Å². The first-order valence-corrected chi connectivity index (χ1v) is 5.97. The van der Waals surface area contributed by atoms with Crippen LogP contribution in [-0.2, 0) is 0 Å². The van der Waals surface area contributed by atoms with Crippen LogP contribution in [0.25, 0.3) is 0 Å². The van der Waals surface area contributed by atoms with Crippen molar-refractivity contribution in [3.05, 3.63) is 29.3 Å². The van der Waals surface area contributed by atoms with E-state index < -0.39 is 5.97 Å². The summed E-state index contributed by atoms with van der Waals surface area (Å²) in [6.07, 6.45) is 1.14. The Hall–Kier alpha value is -1.51. The number of aryl methyl sites for hydroxylation is 1. The third kappa shape index (κ3) is 3.77. The standard InChI is InChI=1S/C14H21NO2/c1-10(2)7-8-15(4)13-6-5-12(14(16)17)9-11(13)3/h5-6,9-10H,7-8H2,1-4H3,(H,16,17). The van der Waals surface area contributed by atoms with Gasteiger partial charge in [-0.05, 0) is 43.0 Å². The minimum atomic E-state index is -0.871. The van der Waals surface area contributed by atoms with Gasteiger partial charge in [0, 0.05) is 19.3 Å². The lowest BCUT2D eigenvalue weighted by Gasteiger charge is -2.22. The number of carboxylic acid groups (broad SMARTS) is 1. The molecule has 0 atom stereocenters. The molecule has 1 aromatic rings. The monoisotopic (exact) mass is 235 g/mol. The van der Waals surface area contributed by atoms with Crippen molar-refractivity contribution in [2.24, 2.45) is 5.92 Å². The van der Waals surface area contributed by atoms with Crippen molar-refractivity contribution in [2.45, 2.75) is 27.2 Å². The van der Waals surface area contributed by atoms with Crippen LogP contribution in [0.5, 0.6) is 0 Å². The molecular formula is C14H21NO2. The molecule has 0 saturated heterocycles. The topological polar surface area (TPSA) is 40.5 Å². The first-order valence-electron chi connectivity index (χ1n) is 5.97. The summed E-state index contributed by atoms with van der Waals surface area (Å²) in [5, 5.41) is 8.90. The average molecular weight is 235 g/mol. The zero-order valence-electron chi connectivity index (χ0n) is 11.0. The van der Waals surface area contributed by atoms with E-state index in [1.54, 1.807) is 12.1 Å². The molecule has 0 aromatic heterocycles. The van der Waals surface area contributed by atoms with Crippen LogP contribution in [0.4, 0.5) is 5.69 Å². The van der Waals surface area contributed by atoms with E-state index in [9.17, 15) is 4.79 Å². The van der Waals surface area contributed by atoms with Gasteiger partial charge in [-0.25, -0.2) is 4.79 Å². The molecule has 0 bridgehead atoms. The van der Waals surface area contributed by atoms with E-state index in [1.807, 2.05) is 20.0 Å². The van der Waals surface area contributed by atoms with E-state index in [1.165, 1.54) is 0 Å². The van der Waals surface area contributed by atoms with Crippen LogP contribution in [0, 0.1) is 12.8 Å². The van der Waals surface area contributed by atoms with Crippen LogP contribution < -0.4 is 4.90 Å². The van der Waals surface area contributed by atoms with Crippen LogP contribution in [0.3, 0.4) is 0 Å². The number of benzene rings is 1. The molecule has 0 amide bonds. The molecule has 3 nitrogen and oxygen atoms in total.